The maximum absolute atomic E-state index is 13.0. The van der Waals surface area contributed by atoms with E-state index in [1.54, 1.807) is 24.4 Å². The lowest BCUT2D eigenvalue weighted by molar-refractivity contribution is -0.124. The highest BCUT2D eigenvalue weighted by Crippen LogP contribution is 2.33. The molecule has 9 nitrogen and oxygen atoms in total. The first-order chi connectivity index (χ1) is 15.4. The predicted molar refractivity (Wildman–Crippen MR) is 123 cm³/mol. The van der Waals surface area contributed by atoms with Crippen LogP contribution < -0.4 is 10.4 Å². The Labute approximate surface area is 190 Å². The first-order valence-electron chi connectivity index (χ1n) is 9.92. The van der Waals surface area contributed by atoms with E-state index in [0.29, 0.717) is 5.56 Å². The highest BCUT2D eigenvalue weighted by Gasteiger charge is 2.20. The lowest BCUT2D eigenvalue weighted by Gasteiger charge is -2.33. The number of carbonyl (C=O) groups excluding carboxylic acids is 1. The molecule has 0 saturated carbocycles. The number of rotatable bonds is 6. The van der Waals surface area contributed by atoms with Crippen LogP contribution in [0.4, 0.5) is 5.82 Å². The lowest BCUT2D eigenvalue weighted by Crippen LogP contribution is -2.44. The van der Waals surface area contributed by atoms with Crippen LogP contribution in [-0.4, -0.2) is 66.6 Å². The topological polar surface area (TPSA) is 108 Å². The van der Waals surface area contributed by atoms with Crippen LogP contribution in [0.25, 0.3) is 16.5 Å². The largest absolute Gasteiger partial charge is 0.354 e. The molecule has 1 aliphatic rings. The fraction of sp³-hybridized carbons (Fsp3) is 0.238. The zero-order valence-electron chi connectivity index (χ0n) is 17.4. The monoisotopic (exact) mass is 473 g/mol. The SMILES string of the molecule is CN1CCN(c2cc(-c3ccc(S(=O)(=O)n4ccc(/C=C/C(=O)NO)c4)s3)ccn2)CC1. The van der Waals surface area contributed by atoms with Crippen molar-refractivity contribution in [2.45, 2.75) is 4.21 Å². The summed E-state index contributed by atoms with van der Waals surface area (Å²) >= 11 is 1.20. The minimum Gasteiger partial charge on any atom is -0.354 e. The van der Waals surface area contributed by atoms with E-state index in [2.05, 4.69) is 21.8 Å². The molecule has 2 N–H and O–H groups in total. The van der Waals surface area contributed by atoms with Gasteiger partial charge in [0.05, 0.1) is 0 Å². The number of hydrogen-bond donors (Lipinski definition) is 2. The van der Waals surface area contributed by atoms with Crippen molar-refractivity contribution in [3.63, 3.8) is 0 Å². The fourth-order valence-corrected chi connectivity index (χ4v) is 5.96. The second kappa shape index (κ2) is 9.25. The Hall–Kier alpha value is -2.99. The van der Waals surface area contributed by atoms with Crippen LogP contribution in [0.3, 0.4) is 0 Å². The summed E-state index contributed by atoms with van der Waals surface area (Å²) in [5.41, 5.74) is 2.92. The van der Waals surface area contributed by atoms with Crippen LogP contribution in [-0.2, 0) is 14.8 Å². The number of thiophene rings is 1. The van der Waals surface area contributed by atoms with Gasteiger partial charge in [-0.05, 0) is 54.6 Å². The normalized spacial score (nSPS) is 15.4. The Morgan fingerprint density at radius 3 is 2.72 bits per heavy atom. The summed E-state index contributed by atoms with van der Waals surface area (Å²) in [6.45, 7) is 3.76. The van der Waals surface area contributed by atoms with E-state index in [1.807, 2.05) is 12.1 Å². The molecule has 11 heteroatoms. The molecule has 1 fully saturated rings. The molecular weight excluding hydrogens is 450 g/mol. The number of nitrogens with zero attached hydrogens (tertiary/aromatic N) is 4. The number of hydrogen-bond acceptors (Lipinski definition) is 8. The fourth-order valence-electron chi connectivity index (χ4n) is 3.35. The van der Waals surface area contributed by atoms with Gasteiger partial charge in [-0.15, -0.1) is 11.3 Å². The molecule has 3 aromatic rings. The molecule has 0 spiro atoms. The zero-order valence-corrected chi connectivity index (χ0v) is 19.0. The average Bonchev–Trinajstić information content (AvgIpc) is 3.49. The maximum atomic E-state index is 13.0. The number of pyridine rings is 1. The van der Waals surface area contributed by atoms with Gasteiger partial charge in [-0.2, -0.15) is 8.42 Å². The van der Waals surface area contributed by atoms with Crippen molar-refractivity contribution in [1.82, 2.24) is 19.3 Å². The number of amides is 1. The van der Waals surface area contributed by atoms with Crippen LogP contribution in [0.5, 0.6) is 0 Å². The summed E-state index contributed by atoms with van der Waals surface area (Å²) in [7, 11) is -1.66. The van der Waals surface area contributed by atoms with Crippen LogP contribution >= 0.6 is 11.3 Å². The number of carbonyl (C=O) groups is 1. The van der Waals surface area contributed by atoms with Gasteiger partial charge < -0.3 is 9.80 Å². The Balaban J connectivity index is 1.55. The van der Waals surface area contributed by atoms with Crippen LogP contribution in [0.2, 0.25) is 0 Å². The third-order valence-electron chi connectivity index (χ3n) is 5.20. The predicted octanol–water partition coefficient (Wildman–Crippen LogP) is 2.12. The molecule has 4 rings (SSSR count). The molecule has 0 bridgehead atoms. The molecule has 3 aromatic heterocycles. The smallest absolute Gasteiger partial charge is 0.277 e. The molecule has 1 aliphatic heterocycles. The van der Waals surface area contributed by atoms with Gasteiger partial charge in [0.15, 0.2) is 0 Å². The van der Waals surface area contributed by atoms with E-state index in [0.717, 1.165) is 52.5 Å². The molecule has 0 aromatic carbocycles. The number of likely N-dealkylation sites (N-methyl/N-ethyl adjacent to an activating group) is 1. The van der Waals surface area contributed by atoms with Crippen LogP contribution in [0.15, 0.2) is 59.2 Å². The van der Waals surface area contributed by atoms with Gasteiger partial charge in [-0.1, -0.05) is 0 Å². The van der Waals surface area contributed by atoms with E-state index in [9.17, 15) is 13.2 Å². The Kier molecular flexibility index (Phi) is 6.42. The van der Waals surface area contributed by atoms with Crippen molar-refractivity contribution in [3.8, 4) is 10.4 Å². The average molecular weight is 474 g/mol. The van der Waals surface area contributed by atoms with Crippen molar-refractivity contribution in [2.75, 3.05) is 38.1 Å². The number of anilines is 1. The van der Waals surface area contributed by atoms with E-state index in [-0.39, 0.29) is 4.21 Å². The molecule has 0 radical (unpaired) electrons. The molecule has 4 heterocycles. The zero-order chi connectivity index (χ0) is 22.7. The van der Waals surface area contributed by atoms with Gasteiger partial charge in [-0.3, -0.25) is 10.0 Å². The molecule has 0 atom stereocenters. The van der Waals surface area contributed by atoms with Crippen LogP contribution in [0.1, 0.15) is 5.56 Å². The highest BCUT2D eigenvalue weighted by molar-refractivity contribution is 7.92. The lowest BCUT2D eigenvalue weighted by atomic mass is 10.2. The summed E-state index contributed by atoms with van der Waals surface area (Å²) in [5.74, 6) is 0.193. The second-order valence-electron chi connectivity index (χ2n) is 7.40. The third-order valence-corrected chi connectivity index (χ3v) is 8.44. The minimum atomic E-state index is -3.77. The van der Waals surface area contributed by atoms with Gasteiger partial charge in [-0.25, -0.2) is 14.4 Å². The number of nitrogens with one attached hydrogen (secondary N) is 1. The first-order valence-corrected chi connectivity index (χ1v) is 12.2. The molecular formula is C21H23N5O4S2. The van der Waals surface area contributed by atoms with Gasteiger partial charge >= 0.3 is 0 Å². The second-order valence-corrected chi connectivity index (χ2v) is 10.6. The van der Waals surface area contributed by atoms with E-state index in [1.165, 1.54) is 35.3 Å². The Morgan fingerprint density at radius 1 is 1.19 bits per heavy atom. The number of hydroxylamine groups is 1. The summed E-state index contributed by atoms with van der Waals surface area (Å²) in [5, 5.41) is 8.53. The molecule has 32 heavy (non-hydrogen) atoms. The Bertz CT molecular complexity index is 1240. The van der Waals surface area contributed by atoms with Crippen molar-refractivity contribution in [2.24, 2.45) is 0 Å². The van der Waals surface area contributed by atoms with Crippen molar-refractivity contribution >= 4 is 39.2 Å². The van der Waals surface area contributed by atoms with E-state index < -0.39 is 15.9 Å². The summed E-state index contributed by atoms with van der Waals surface area (Å²) in [6.07, 6.45) is 7.10. The molecule has 168 valence electrons. The maximum Gasteiger partial charge on any atom is 0.277 e. The van der Waals surface area contributed by atoms with Crippen molar-refractivity contribution in [3.05, 3.63) is 60.6 Å². The van der Waals surface area contributed by atoms with Crippen molar-refractivity contribution < 1.29 is 18.4 Å². The summed E-state index contributed by atoms with van der Waals surface area (Å²) < 4.78 is 27.4. The first kappa shape index (κ1) is 22.2. The standard InChI is InChI=1S/C21H23N5O4S2/c1-24-10-12-25(13-11-24)19-14-17(6-8-22-19)18-3-5-21(31-18)32(29,30)26-9-7-16(15-26)2-4-20(27)23-28/h2-9,14-15,28H,10-13H2,1H3,(H,23,27)/b4-2+. The van der Waals surface area contributed by atoms with Gasteiger partial charge in [0.1, 0.15) is 10.0 Å². The van der Waals surface area contributed by atoms with Gasteiger partial charge in [0.25, 0.3) is 15.9 Å². The molecule has 1 amide bonds. The van der Waals surface area contributed by atoms with Crippen molar-refractivity contribution in [1.29, 1.82) is 0 Å². The number of aromatic nitrogens is 2. The van der Waals surface area contributed by atoms with E-state index >= 15 is 0 Å². The molecule has 0 unspecified atom stereocenters. The molecule has 1 saturated heterocycles. The highest BCUT2D eigenvalue weighted by atomic mass is 32.2. The Morgan fingerprint density at radius 2 is 1.97 bits per heavy atom. The van der Waals surface area contributed by atoms with Gasteiger partial charge in [0.2, 0.25) is 0 Å². The van der Waals surface area contributed by atoms with E-state index in [4.69, 9.17) is 5.21 Å². The quantitative estimate of drug-likeness (QED) is 0.321. The third kappa shape index (κ3) is 4.75. The van der Waals surface area contributed by atoms with Gasteiger partial charge in [0, 0.05) is 55.7 Å². The summed E-state index contributed by atoms with van der Waals surface area (Å²) in [4.78, 5) is 21.0. The minimum absolute atomic E-state index is 0.213. The molecule has 0 aliphatic carbocycles. The summed E-state index contributed by atoms with van der Waals surface area (Å²) in [6, 6.07) is 8.85. The van der Waals surface area contributed by atoms with Crippen LogP contribution in [0, 0.1) is 0 Å². The number of piperazine rings is 1.